The Hall–Kier alpha value is -1.52. The number of rotatable bonds is 2. The van der Waals surface area contributed by atoms with E-state index in [-0.39, 0.29) is 34.7 Å². The van der Waals surface area contributed by atoms with Crippen molar-refractivity contribution in [1.29, 1.82) is 0 Å². The van der Waals surface area contributed by atoms with Gasteiger partial charge in [-0.15, -0.1) is 0 Å². The summed E-state index contributed by atoms with van der Waals surface area (Å²) in [6.45, 7) is 5.63. The van der Waals surface area contributed by atoms with Crippen molar-refractivity contribution in [2.75, 3.05) is 0 Å². The van der Waals surface area contributed by atoms with Crippen molar-refractivity contribution >= 4 is 30.2 Å². The van der Waals surface area contributed by atoms with E-state index in [4.69, 9.17) is 4.74 Å². The van der Waals surface area contributed by atoms with Crippen LogP contribution in [0.3, 0.4) is 0 Å². The zero-order valence-electron chi connectivity index (χ0n) is 17.5. The molecule has 0 N–H and O–H groups in total. The number of fused-ring (bicyclic) bond motifs is 4. The SMILES string of the molecule is CC(C)(C)OC(=O)N1[C@@H]2CC[C@H]3CCC([Se](=O)c4ccccc4)C(=O)[C@@H]3[C@H]1CC2. The topological polar surface area (TPSA) is 63.7 Å². The molecular formula is C23H31NO4Se. The van der Waals surface area contributed by atoms with E-state index in [0.717, 1.165) is 36.6 Å². The van der Waals surface area contributed by atoms with Gasteiger partial charge in [-0.2, -0.15) is 0 Å². The Bertz CT molecular complexity index is 803. The Kier molecular flexibility index (Phi) is 5.69. The molecule has 1 aromatic carbocycles. The summed E-state index contributed by atoms with van der Waals surface area (Å²) in [5.41, 5.74) is -0.555. The predicted molar refractivity (Wildman–Crippen MR) is 112 cm³/mol. The standard InChI is InChI=1S/C23H31NO4Se/c1-23(2,3)28-22(26)24-16-11-9-15-10-14-19(21(25)20(15)18(24)13-12-16)29(27)17-7-5-4-6-8-17/h4-8,15-16,18-20H,9-14H2,1-3H3/t15-,16+,18+,19?,20-,29?/m0/s1. The first-order valence-electron chi connectivity index (χ1n) is 10.8. The Balaban J connectivity index is 1.60. The third-order valence-corrected chi connectivity index (χ3v) is 10.2. The van der Waals surface area contributed by atoms with Crippen LogP contribution in [0.25, 0.3) is 0 Å². The maximum absolute atomic E-state index is 13.6. The van der Waals surface area contributed by atoms with Gasteiger partial charge in [-0.25, -0.2) is 0 Å². The average molecular weight is 464 g/mol. The fourth-order valence-corrected chi connectivity index (χ4v) is 8.54. The Morgan fingerprint density at radius 3 is 2.38 bits per heavy atom. The number of amides is 1. The summed E-state index contributed by atoms with van der Waals surface area (Å²) in [7, 11) is 0. The molecule has 1 saturated carbocycles. The van der Waals surface area contributed by atoms with Crippen molar-refractivity contribution in [3.8, 4) is 0 Å². The Labute approximate surface area is 177 Å². The number of Topliss-reactive ketones (excluding diaryl/α,β-unsaturated/α-hetero) is 1. The molecule has 3 aliphatic rings. The van der Waals surface area contributed by atoms with Gasteiger partial charge < -0.3 is 0 Å². The predicted octanol–water partition coefficient (Wildman–Crippen LogP) is 3.84. The average Bonchev–Trinajstić information content (AvgIpc) is 3.00. The zero-order valence-corrected chi connectivity index (χ0v) is 19.2. The van der Waals surface area contributed by atoms with Crippen LogP contribution in [0.5, 0.6) is 0 Å². The Morgan fingerprint density at radius 2 is 1.69 bits per heavy atom. The molecule has 2 bridgehead atoms. The summed E-state index contributed by atoms with van der Waals surface area (Å²) in [4.78, 5) is 28.1. The van der Waals surface area contributed by atoms with E-state index < -0.39 is 19.4 Å². The normalized spacial score (nSPS) is 33.0. The molecule has 1 aliphatic carbocycles. The van der Waals surface area contributed by atoms with E-state index in [1.54, 1.807) is 0 Å². The fourth-order valence-electron chi connectivity index (χ4n) is 5.45. The van der Waals surface area contributed by atoms with Gasteiger partial charge in [0, 0.05) is 0 Å². The van der Waals surface area contributed by atoms with Crippen LogP contribution in [-0.2, 0) is 13.4 Å². The summed E-state index contributed by atoms with van der Waals surface area (Å²) >= 11 is -2.46. The van der Waals surface area contributed by atoms with E-state index in [1.807, 2.05) is 56.0 Å². The molecule has 2 unspecified atom stereocenters. The van der Waals surface area contributed by atoms with E-state index >= 15 is 0 Å². The van der Waals surface area contributed by atoms with Gasteiger partial charge in [-0.05, 0) is 0 Å². The van der Waals surface area contributed by atoms with Crippen LogP contribution in [-0.4, -0.2) is 48.3 Å². The van der Waals surface area contributed by atoms with Crippen molar-refractivity contribution in [1.82, 2.24) is 4.90 Å². The van der Waals surface area contributed by atoms with Crippen molar-refractivity contribution < 1.29 is 18.2 Å². The molecule has 6 heteroatoms. The van der Waals surface area contributed by atoms with Crippen LogP contribution < -0.4 is 4.46 Å². The molecule has 3 fully saturated rings. The minimum atomic E-state index is -2.46. The summed E-state index contributed by atoms with van der Waals surface area (Å²) in [5, 5.41) is 0. The van der Waals surface area contributed by atoms with Crippen molar-refractivity contribution in [3.05, 3.63) is 30.3 Å². The van der Waals surface area contributed by atoms with Crippen LogP contribution in [0, 0.1) is 11.8 Å². The molecule has 2 heterocycles. The molecule has 158 valence electrons. The molecule has 0 radical (unpaired) electrons. The van der Waals surface area contributed by atoms with Gasteiger partial charge in [0.15, 0.2) is 0 Å². The first-order chi connectivity index (χ1) is 13.8. The molecule has 2 saturated heterocycles. The van der Waals surface area contributed by atoms with Gasteiger partial charge in [0.1, 0.15) is 0 Å². The van der Waals surface area contributed by atoms with E-state index in [0.29, 0.717) is 12.3 Å². The number of carbonyl (C=O) groups is 2. The second kappa shape index (κ2) is 7.96. The third-order valence-electron chi connectivity index (χ3n) is 6.62. The van der Waals surface area contributed by atoms with Crippen molar-refractivity contribution in [2.24, 2.45) is 11.8 Å². The number of carbonyl (C=O) groups excluding carboxylic acids is 2. The summed E-state index contributed by atoms with van der Waals surface area (Å²) < 4.78 is 19.8. The number of ether oxygens (including phenoxy) is 1. The number of hydrogen-bond donors (Lipinski definition) is 0. The molecule has 5 nitrogen and oxygen atoms in total. The van der Waals surface area contributed by atoms with Crippen LogP contribution in [0.1, 0.15) is 59.3 Å². The molecule has 1 amide bonds. The summed E-state index contributed by atoms with van der Waals surface area (Å²) in [6, 6.07) is 9.50. The number of hydrogen-bond acceptors (Lipinski definition) is 4. The van der Waals surface area contributed by atoms with Gasteiger partial charge in [0.05, 0.1) is 0 Å². The third kappa shape index (κ3) is 4.06. The van der Waals surface area contributed by atoms with E-state index in [2.05, 4.69) is 0 Å². The molecule has 1 aromatic rings. The van der Waals surface area contributed by atoms with Crippen LogP contribution in [0.15, 0.2) is 30.3 Å². The molecule has 6 atom stereocenters. The molecule has 2 aliphatic heterocycles. The maximum atomic E-state index is 13.6. The molecule has 0 spiro atoms. The Morgan fingerprint density at radius 1 is 1.03 bits per heavy atom. The number of nitrogens with zero attached hydrogens (tertiary/aromatic N) is 1. The molecule has 29 heavy (non-hydrogen) atoms. The first kappa shape index (κ1) is 20.7. The molecule has 0 aromatic heterocycles. The van der Waals surface area contributed by atoms with Crippen LogP contribution >= 0.6 is 0 Å². The van der Waals surface area contributed by atoms with Crippen LogP contribution in [0.2, 0.25) is 4.82 Å². The second-order valence-electron chi connectivity index (χ2n) is 9.63. The monoisotopic (exact) mass is 465 g/mol. The van der Waals surface area contributed by atoms with Gasteiger partial charge in [0.25, 0.3) is 0 Å². The minimum absolute atomic E-state index is 0.104. The van der Waals surface area contributed by atoms with Crippen molar-refractivity contribution in [3.63, 3.8) is 0 Å². The van der Waals surface area contributed by atoms with Crippen molar-refractivity contribution in [2.45, 2.75) is 81.8 Å². The summed E-state index contributed by atoms with van der Waals surface area (Å²) in [5.74, 6) is 0.234. The van der Waals surface area contributed by atoms with E-state index in [9.17, 15) is 13.4 Å². The molecular weight excluding hydrogens is 433 g/mol. The number of benzene rings is 1. The second-order valence-corrected chi connectivity index (χ2v) is 13.1. The number of ketones is 1. The van der Waals surface area contributed by atoms with Gasteiger partial charge in [-0.1, -0.05) is 0 Å². The summed E-state index contributed by atoms with van der Waals surface area (Å²) in [6.07, 6.45) is 5.04. The van der Waals surface area contributed by atoms with Gasteiger partial charge in [-0.3, -0.25) is 0 Å². The first-order valence-corrected chi connectivity index (χ1v) is 13.3. The zero-order chi connectivity index (χ0) is 20.8. The van der Waals surface area contributed by atoms with E-state index in [1.165, 1.54) is 0 Å². The molecule has 4 rings (SSSR count). The van der Waals surface area contributed by atoms with Gasteiger partial charge >= 0.3 is 177 Å². The fraction of sp³-hybridized carbons (Fsp3) is 0.652. The quantitative estimate of drug-likeness (QED) is 0.624. The van der Waals surface area contributed by atoms with Gasteiger partial charge in [0.2, 0.25) is 0 Å². The van der Waals surface area contributed by atoms with Crippen LogP contribution in [0.4, 0.5) is 4.79 Å².